The highest BCUT2D eigenvalue weighted by molar-refractivity contribution is 9.10. The molecule has 0 saturated carbocycles. The quantitative estimate of drug-likeness (QED) is 0.470. The van der Waals surface area contributed by atoms with Crippen molar-refractivity contribution in [1.82, 2.24) is 14.8 Å². The number of anilines is 1. The normalized spacial score (nSPS) is 10.9. The maximum absolute atomic E-state index is 12.9. The van der Waals surface area contributed by atoms with E-state index in [1.54, 1.807) is 23.0 Å². The van der Waals surface area contributed by atoms with E-state index < -0.39 is 0 Å². The zero-order valence-corrected chi connectivity index (χ0v) is 17.6. The molecular formula is C22H19BrN4O2. The average Bonchev–Trinajstić information content (AvgIpc) is 3.01. The Labute approximate surface area is 176 Å². The topological polar surface area (TPSA) is 69.0 Å². The summed E-state index contributed by atoms with van der Waals surface area (Å²) in [6, 6.07) is 16.9. The van der Waals surface area contributed by atoms with Crippen LogP contribution in [0.4, 0.5) is 5.69 Å². The van der Waals surface area contributed by atoms with Crippen molar-refractivity contribution in [3.63, 3.8) is 0 Å². The number of pyridine rings is 1. The maximum Gasteiger partial charge on any atom is 0.259 e. The van der Waals surface area contributed by atoms with Gasteiger partial charge in [-0.25, -0.2) is 4.98 Å². The number of hydrogen-bond donors (Lipinski definition) is 1. The fourth-order valence-corrected chi connectivity index (χ4v) is 3.52. The van der Waals surface area contributed by atoms with Crippen LogP contribution in [0.25, 0.3) is 11.0 Å². The standard InChI is InChI=1S/C22H19BrN4O2/c1-14-18-11-16(12-24-21(18)27(2)26-14)25-22(28)17-8-4-6-10-20(17)29-13-15-7-3-5-9-19(15)23/h3-12H,13H2,1-2H3,(H,25,28). The van der Waals surface area contributed by atoms with Crippen molar-refractivity contribution in [2.45, 2.75) is 13.5 Å². The molecule has 4 aromatic rings. The lowest BCUT2D eigenvalue weighted by molar-refractivity contribution is 0.102. The smallest absolute Gasteiger partial charge is 0.259 e. The van der Waals surface area contributed by atoms with Crippen molar-refractivity contribution in [2.24, 2.45) is 7.05 Å². The van der Waals surface area contributed by atoms with Gasteiger partial charge in [-0.05, 0) is 31.2 Å². The Kier molecular flexibility index (Phi) is 5.31. The third-order valence-corrected chi connectivity index (χ3v) is 5.37. The van der Waals surface area contributed by atoms with E-state index in [1.165, 1.54) is 0 Å². The van der Waals surface area contributed by atoms with Gasteiger partial charge in [0.15, 0.2) is 5.65 Å². The molecule has 0 bridgehead atoms. The molecule has 2 aromatic heterocycles. The van der Waals surface area contributed by atoms with Crippen molar-refractivity contribution in [2.75, 3.05) is 5.32 Å². The molecule has 29 heavy (non-hydrogen) atoms. The number of rotatable bonds is 5. The lowest BCUT2D eigenvalue weighted by atomic mass is 10.1. The molecule has 2 heterocycles. The van der Waals surface area contributed by atoms with E-state index in [9.17, 15) is 4.79 Å². The van der Waals surface area contributed by atoms with Crippen molar-refractivity contribution in [3.05, 3.63) is 82.1 Å². The molecular weight excluding hydrogens is 432 g/mol. The molecule has 2 aromatic carbocycles. The first-order chi connectivity index (χ1) is 14.0. The van der Waals surface area contributed by atoms with E-state index in [1.807, 2.05) is 56.4 Å². The first-order valence-corrected chi connectivity index (χ1v) is 9.88. The molecule has 0 radical (unpaired) electrons. The Balaban J connectivity index is 1.55. The number of hydrogen-bond acceptors (Lipinski definition) is 4. The van der Waals surface area contributed by atoms with Gasteiger partial charge in [0.2, 0.25) is 0 Å². The summed E-state index contributed by atoms with van der Waals surface area (Å²) in [5.41, 5.74) is 3.71. The van der Waals surface area contributed by atoms with Crippen molar-refractivity contribution in [3.8, 4) is 5.75 Å². The second kappa shape index (κ2) is 8.05. The Morgan fingerprint density at radius 3 is 2.76 bits per heavy atom. The summed E-state index contributed by atoms with van der Waals surface area (Å²) in [5, 5.41) is 8.18. The number of ether oxygens (including phenoxy) is 1. The van der Waals surface area contributed by atoms with Crippen molar-refractivity contribution >= 4 is 38.6 Å². The number of benzene rings is 2. The van der Waals surface area contributed by atoms with Crippen LogP contribution in [0.5, 0.6) is 5.75 Å². The molecule has 0 fully saturated rings. The predicted molar refractivity (Wildman–Crippen MR) is 116 cm³/mol. The summed E-state index contributed by atoms with van der Waals surface area (Å²) >= 11 is 3.52. The van der Waals surface area contributed by atoms with Gasteiger partial charge in [0, 0.05) is 22.5 Å². The highest BCUT2D eigenvalue weighted by Crippen LogP contribution is 2.24. The van der Waals surface area contributed by atoms with E-state index >= 15 is 0 Å². The predicted octanol–water partition coefficient (Wildman–Crippen LogP) is 4.87. The summed E-state index contributed by atoms with van der Waals surface area (Å²) in [4.78, 5) is 17.3. The molecule has 1 amide bonds. The number of fused-ring (bicyclic) bond motifs is 1. The van der Waals surface area contributed by atoms with Crippen LogP contribution < -0.4 is 10.1 Å². The number of nitrogens with one attached hydrogen (secondary N) is 1. The van der Waals surface area contributed by atoms with E-state index in [0.29, 0.717) is 23.6 Å². The molecule has 7 heteroatoms. The van der Waals surface area contributed by atoms with Gasteiger partial charge in [0.1, 0.15) is 12.4 Å². The summed E-state index contributed by atoms with van der Waals surface area (Å²) in [6.07, 6.45) is 1.63. The fourth-order valence-electron chi connectivity index (χ4n) is 3.13. The lowest BCUT2D eigenvalue weighted by Crippen LogP contribution is -2.14. The van der Waals surface area contributed by atoms with Gasteiger partial charge in [-0.15, -0.1) is 0 Å². The summed E-state index contributed by atoms with van der Waals surface area (Å²) in [5.74, 6) is 0.266. The first-order valence-electron chi connectivity index (χ1n) is 9.09. The lowest BCUT2D eigenvalue weighted by Gasteiger charge is -2.12. The molecule has 0 aliphatic heterocycles. The minimum absolute atomic E-state index is 0.254. The second-order valence-corrected chi connectivity index (χ2v) is 7.49. The Hall–Kier alpha value is -3.19. The van der Waals surface area contributed by atoms with Crippen LogP contribution in [0.1, 0.15) is 21.6 Å². The van der Waals surface area contributed by atoms with Gasteiger partial charge in [0.05, 0.1) is 23.1 Å². The Morgan fingerprint density at radius 2 is 1.93 bits per heavy atom. The fraction of sp³-hybridized carbons (Fsp3) is 0.136. The van der Waals surface area contributed by atoms with Gasteiger partial charge < -0.3 is 10.1 Å². The van der Waals surface area contributed by atoms with Crippen molar-refractivity contribution < 1.29 is 9.53 Å². The molecule has 0 saturated heterocycles. The molecule has 146 valence electrons. The molecule has 0 atom stereocenters. The zero-order valence-electron chi connectivity index (χ0n) is 16.0. The summed E-state index contributed by atoms with van der Waals surface area (Å²) in [7, 11) is 1.85. The highest BCUT2D eigenvalue weighted by Gasteiger charge is 2.14. The summed E-state index contributed by atoms with van der Waals surface area (Å²) < 4.78 is 8.62. The SMILES string of the molecule is Cc1nn(C)c2ncc(NC(=O)c3ccccc3OCc3ccccc3Br)cc12. The monoisotopic (exact) mass is 450 g/mol. The van der Waals surface area contributed by atoms with Gasteiger partial charge in [0.25, 0.3) is 5.91 Å². The number of halogens is 1. The van der Waals surface area contributed by atoms with Crippen LogP contribution in [0.3, 0.4) is 0 Å². The molecule has 0 spiro atoms. The van der Waals surface area contributed by atoms with E-state index in [-0.39, 0.29) is 5.91 Å². The highest BCUT2D eigenvalue weighted by atomic mass is 79.9. The van der Waals surface area contributed by atoms with E-state index in [2.05, 4.69) is 31.3 Å². The van der Waals surface area contributed by atoms with Crippen LogP contribution >= 0.6 is 15.9 Å². The zero-order chi connectivity index (χ0) is 20.4. The van der Waals surface area contributed by atoms with Crippen LogP contribution in [0, 0.1) is 6.92 Å². The summed E-state index contributed by atoms with van der Waals surface area (Å²) in [6.45, 7) is 2.27. The Bertz CT molecular complexity index is 1200. The Morgan fingerprint density at radius 1 is 1.17 bits per heavy atom. The third-order valence-electron chi connectivity index (χ3n) is 4.59. The second-order valence-electron chi connectivity index (χ2n) is 6.63. The average molecular weight is 451 g/mol. The minimum atomic E-state index is -0.254. The number of amides is 1. The molecule has 6 nitrogen and oxygen atoms in total. The molecule has 0 unspecified atom stereocenters. The van der Waals surface area contributed by atoms with Crippen LogP contribution in [-0.4, -0.2) is 20.7 Å². The molecule has 4 rings (SSSR count). The van der Waals surface area contributed by atoms with Gasteiger partial charge >= 0.3 is 0 Å². The largest absolute Gasteiger partial charge is 0.488 e. The number of para-hydroxylation sites is 1. The minimum Gasteiger partial charge on any atom is -0.488 e. The van der Waals surface area contributed by atoms with Crippen LogP contribution in [0.15, 0.2) is 65.3 Å². The van der Waals surface area contributed by atoms with Gasteiger partial charge in [-0.1, -0.05) is 46.3 Å². The van der Waals surface area contributed by atoms with Gasteiger partial charge in [-0.3, -0.25) is 9.48 Å². The number of carbonyl (C=O) groups is 1. The van der Waals surface area contributed by atoms with E-state index in [0.717, 1.165) is 26.8 Å². The van der Waals surface area contributed by atoms with Crippen LogP contribution in [0.2, 0.25) is 0 Å². The van der Waals surface area contributed by atoms with Crippen LogP contribution in [-0.2, 0) is 13.7 Å². The first kappa shape index (κ1) is 19.1. The van der Waals surface area contributed by atoms with Crippen molar-refractivity contribution in [1.29, 1.82) is 0 Å². The van der Waals surface area contributed by atoms with Gasteiger partial charge in [-0.2, -0.15) is 5.10 Å². The third kappa shape index (κ3) is 4.00. The molecule has 0 aliphatic carbocycles. The number of aryl methyl sites for hydroxylation is 2. The number of aromatic nitrogens is 3. The van der Waals surface area contributed by atoms with E-state index in [4.69, 9.17) is 4.74 Å². The number of carbonyl (C=O) groups excluding carboxylic acids is 1. The number of nitrogens with zero attached hydrogens (tertiary/aromatic N) is 3. The molecule has 0 aliphatic rings. The maximum atomic E-state index is 12.9. The molecule has 1 N–H and O–H groups in total.